The Labute approximate surface area is 109 Å². The first-order chi connectivity index (χ1) is 7.58. The summed E-state index contributed by atoms with van der Waals surface area (Å²) in [5.74, 6) is 0.690. The normalized spacial score (nSPS) is 11.5. The topological polar surface area (TPSA) is 57.8 Å². The molecule has 4 nitrogen and oxygen atoms in total. The van der Waals surface area contributed by atoms with Crippen LogP contribution in [0.2, 0.25) is 0 Å². The molecule has 0 unspecified atom stereocenters. The fourth-order valence-electron chi connectivity index (χ4n) is 1.74. The third-order valence-electron chi connectivity index (χ3n) is 3.21. The number of anilines is 1. The van der Waals surface area contributed by atoms with E-state index in [9.17, 15) is 4.79 Å². The van der Waals surface area contributed by atoms with Gasteiger partial charge >= 0.3 is 0 Å². The Morgan fingerprint density at radius 2 is 1.94 bits per heavy atom. The van der Waals surface area contributed by atoms with E-state index >= 15 is 0 Å². The molecular weight excluding hydrogens is 317 g/mol. The summed E-state index contributed by atoms with van der Waals surface area (Å²) in [6.45, 7) is 6.46. The number of halogens is 1. The Hall–Kier alpha value is -0.590. The number of aromatic nitrogens is 2. The Balaban J connectivity index is 3.03. The Kier molecular flexibility index (Phi) is 4.76. The SMILES string of the molecule is CCC(CC)(CC)Nc1nc[nH]c(=O)c1I. The van der Waals surface area contributed by atoms with Gasteiger partial charge in [0.15, 0.2) is 0 Å². The molecule has 0 saturated carbocycles. The Morgan fingerprint density at radius 1 is 1.38 bits per heavy atom. The molecule has 2 N–H and O–H groups in total. The van der Waals surface area contributed by atoms with Crippen LogP contribution in [0.25, 0.3) is 0 Å². The van der Waals surface area contributed by atoms with E-state index in [1.807, 2.05) is 22.6 Å². The van der Waals surface area contributed by atoms with Gasteiger partial charge in [-0.05, 0) is 41.9 Å². The van der Waals surface area contributed by atoms with E-state index in [1.165, 1.54) is 6.33 Å². The van der Waals surface area contributed by atoms with E-state index in [1.54, 1.807) is 0 Å². The number of hydrogen-bond donors (Lipinski definition) is 2. The second kappa shape index (κ2) is 5.65. The van der Waals surface area contributed by atoms with Crippen molar-refractivity contribution in [3.63, 3.8) is 0 Å². The van der Waals surface area contributed by atoms with Gasteiger partial charge in [0.1, 0.15) is 9.39 Å². The van der Waals surface area contributed by atoms with Crippen LogP contribution in [0, 0.1) is 3.57 Å². The van der Waals surface area contributed by atoms with Crippen molar-refractivity contribution in [3.05, 3.63) is 20.3 Å². The molecule has 0 amide bonds. The predicted molar refractivity (Wildman–Crippen MR) is 74.8 cm³/mol. The van der Waals surface area contributed by atoms with Crippen molar-refractivity contribution in [2.45, 2.75) is 45.6 Å². The molecule has 0 aromatic carbocycles. The summed E-state index contributed by atoms with van der Waals surface area (Å²) in [6.07, 6.45) is 4.50. The van der Waals surface area contributed by atoms with Gasteiger partial charge in [-0.3, -0.25) is 4.79 Å². The number of H-pyrrole nitrogens is 1. The minimum absolute atomic E-state index is 0.0424. The highest BCUT2D eigenvalue weighted by Gasteiger charge is 2.25. The summed E-state index contributed by atoms with van der Waals surface area (Å²) in [6, 6.07) is 0. The van der Waals surface area contributed by atoms with Gasteiger partial charge in [0, 0.05) is 5.54 Å². The molecule has 0 radical (unpaired) electrons. The first kappa shape index (κ1) is 13.5. The molecule has 1 heterocycles. The van der Waals surface area contributed by atoms with Gasteiger partial charge in [-0.2, -0.15) is 0 Å². The fourth-order valence-corrected chi connectivity index (χ4v) is 2.17. The van der Waals surface area contributed by atoms with Gasteiger partial charge in [0.2, 0.25) is 0 Å². The standard InChI is InChI=1S/C11H18IN3O/c1-4-11(5-2,6-3)15-9-8(12)10(16)14-7-13-9/h7H,4-6H2,1-3H3,(H2,13,14,15,16). The van der Waals surface area contributed by atoms with Gasteiger partial charge < -0.3 is 10.3 Å². The van der Waals surface area contributed by atoms with E-state index in [2.05, 4.69) is 36.1 Å². The van der Waals surface area contributed by atoms with Crippen molar-refractivity contribution in [3.8, 4) is 0 Å². The van der Waals surface area contributed by atoms with Crippen molar-refractivity contribution in [2.24, 2.45) is 0 Å². The van der Waals surface area contributed by atoms with Crippen molar-refractivity contribution >= 4 is 28.4 Å². The van der Waals surface area contributed by atoms with Gasteiger partial charge in [0.05, 0.1) is 6.33 Å². The van der Waals surface area contributed by atoms with Crippen molar-refractivity contribution in [1.29, 1.82) is 0 Å². The van der Waals surface area contributed by atoms with Crippen molar-refractivity contribution in [1.82, 2.24) is 9.97 Å². The second-order valence-corrected chi connectivity index (χ2v) is 4.94. The summed E-state index contributed by atoms with van der Waals surface area (Å²) in [7, 11) is 0. The summed E-state index contributed by atoms with van der Waals surface area (Å²) in [5.41, 5.74) is -0.0453. The Bertz CT molecular complexity index is 390. The maximum Gasteiger partial charge on any atom is 0.266 e. The van der Waals surface area contributed by atoms with Crippen LogP contribution in [-0.4, -0.2) is 15.5 Å². The lowest BCUT2D eigenvalue weighted by Gasteiger charge is -2.32. The second-order valence-electron chi connectivity index (χ2n) is 3.86. The van der Waals surface area contributed by atoms with Gasteiger partial charge in [-0.15, -0.1) is 0 Å². The lowest BCUT2D eigenvalue weighted by Crippen LogP contribution is -2.37. The highest BCUT2D eigenvalue weighted by Crippen LogP contribution is 2.25. The van der Waals surface area contributed by atoms with Crippen LogP contribution in [0.1, 0.15) is 40.0 Å². The molecule has 16 heavy (non-hydrogen) atoms. The number of hydrogen-bond acceptors (Lipinski definition) is 3. The number of nitrogens with zero attached hydrogens (tertiary/aromatic N) is 1. The summed E-state index contributed by atoms with van der Waals surface area (Å²) in [5, 5.41) is 3.41. The molecule has 0 aliphatic heterocycles. The van der Waals surface area contributed by atoms with Crippen LogP contribution >= 0.6 is 22.6 Å². The van der Waals surface area contributed by atoms with Crippen LogP contribution in [0.15, 0.2) is 11.1 Å². The average Bonchev–Trinajstić information content (AvgIpc) is 2.32. The summed E-state index contributed by atoms with van der Waals surface area (Å²) >= 11 is 2.03. The smallest absolute Gasteiger partial charge is 0.266 e. The zero-order chi connectivity index (χ0) is 12.2. The quantitative estimate of drug-likeness (QED) is 0.814. The molecule has 0 spiro atoms. The highest BCUT2D eigenvalue weighted by molar-refractivity contribution is 14.1. The van der Waals surface area contributed by atoms with Crippen LogP contribution < -0.4 is 10.9 Å². The van der Waals surface area contributed by atoms with Crippen LogP contribution in [0.3, 0.4) is 0 Å². The average molecular weight is 335 g/mol. The molecule has 0 aliphatic carbocycles. The molecule has 0 atom stereocenters. The molecule has 0 aliphatic rings. The minimum atomic E-state index is -0.0877. The molecule has 0 fully saturated rings. The van der Waals surface area contributed by atoms with Gasteiger partial charge in [0.25, 0.3) is 5.56 Å². The third-order valence-corrected chi connectivity index (χ3v) is 4.21. The number of rotatable bonds is 5. The minimum Gasteiger partial charge on any atom is -0.364 e. The number of nitrogens with one attached hydrogen (secondary N) is 2. The van der Waals surface area contributed by atoms with E-state index in [4.69, 9.17) is 0 Å². The van der Waals surface area contributed by atoms with Crippen LogP contribution in [0.5, 0.6) is 0 Å². The van der Waals surface area contributed by atoms with E-state index in [-0.39, 0.29) is 11.1 Å². The molecule has 5 heteroatoms. The maximum absolute atomic E-state index is 11.4. The third kappa shape index (κ3) is 2.75. The molecule has 90 valence electrons. The molecule has 1 rings (SSSR count). The molecule has 0 saturated heterocycles. The highest BCUT2D eigenvalue weighted by atomic mass is 127. The van der Waals surface area contributed by atoms with E-state index in [0.29, 0.717) is 9.39 Å². The van der Waals surface area contributed by atoms with Crippen molar-refractivity contribution in [2.75, 3.05) is 5.32 Å². The number of aromatic amines is 1. The zero-order valence-electron chi connectivity index (χ0n) is 9.93. The fraction of sp³-hybridized carbons (Fsp3) is 0.636. The van der Waals surface area contributed by atoms with Crippen LogP contribution in [-0.2, 0) is 0 Å². The summed E-state index contributed by atoms with van der Waals surface area (Å²) < 4.78 is 0.625. The van der Waals surface area contributed by atoms with Gasteiger partial charge in [-0.25, -0.2) is 4.98 Å². The van der Waals surface area contributed by atoms with Crippen LogP contribution in [0.4, 0.5) is 5.82 Å². The molecule has 1 aromatic rings. The molecule has 0 bridgehead atoms. The monoisotopic (exact) mass is 335 g/mol. The largest absolute Gasteiger partial charge is 0.364 e. The summed E-state index contributed by atoms with van der Waals surface area (Å²) in [4.78, 5) is 18.2. The predicted octanol–water partition coefficient (Wildman–Crippen LogP) is 2.76. The first-order valence-electron chi connectivity index (χ1n) is 5.60. The zero-order valence-corrected chi connectivity index (χ0v) is 12.1. The molecular formula is C11H18IN3O. The van der Waals surface area contributed by atoms with Gasteiger partial charge in [-0.1, -0.05) is 20.8 Å². The maximum atomic E-state index is 11.4. The van der Waals surface area contributed by atoms with Crippen molar-refractivity contribution < 1.29 is 0 Å². The lowest BCUT2D eigenvalue weighted by molar-refractivity contribution is 0.418. The molecule has 1 aromatic heterocycles. The lowest BCUT2D eigenvalue weighted by atomic mass is 9.90. The first-order valence-corrected chi connectivity index (χ1v) is 6.67. The van der Waals surface area contributed by atoms with E-state index in [0.717, 1.165) is 19.3 Å². The van der Waals surface area contributed by atoms with E-state index < -0.39 is 0 Å². The Morgan fingerprint density at radius 3 is 2.44 bits per heavy atom.